The maximum absolute atomic E-state index is 12.8. The van der Waals surface area contributed by atoms with Crippen LogP contribution in [0.2, 0.25) is 0 Å². The van der Waals surface area contributed by atoms with Crippen molar-refractivity contribution in [3.63, 3.8) is 0 Å². The summed E-state index contributed by atoms with van der Waals surface area (Å²) in [7, 11) is 0. The highest BCUT2D eigenvalue weighted by Crippen LogP contribution is 2.15. The second kappa shape index (κ2) is 54.0. The van der Waals surface area contributed by atoms with Crippen molar-refractivity contribution in [2.75, 3.05) is 13.2 Å². The fourth-order valence-electron chi connectivity index (χ4n) is 7.99. The molecule has 0 rings (SSSR count). The van der Waals surface area contributed by atoms with Crippen LogP contribution in [0.5, 0.6) is 0 Å². The lowest BCUT2D eigenvalue weighted by atomic mass is 10.1. The topological polar surface area (TPSA) is 78.9 Å². The first kappa shape index (κ1) is 62.4. The molecule has 6 nitrogen and oxygen atoms in total. The molecule has 1 atom stereocenters. The van der Waals surface area contributed by atoms with E-state index < -0.39 is 6.10 Å². The molecule has 0 aromatic carbocycles. The highest BCUT2D eigenvalue weighted by atomic mass is 16.6. The van der Waals surface area contributed by atoms with Gasteiger partial charge in [-0.05, 0) is 103 Å². The second-order valence-corrected chi connectivity index (χ2v) is 18.8. The van der Waals surface area contributed by atoms with Gasteiger partial charge in [-0.25, -0.2) is 0 Å². The molecule has 0 bridgehead atoms. The number of ether oxygens (including phenoxy) is 3. The van der Waals surface area contributed by atoms with Crippen molar-refractivity contribution in [3.05, 3.63) is 48.6 Å². The SMILES string of the molecule is CCCCC/C=C/C/C=C/CCCCCCCCCCCC(=O)OC[C@@H](COC(=O)CCCCCCC/C=C/CCCCCCC)OC(=O)CCCCCCC/C=C/CCCCCCC. The van der Waals surface area contributed by atoms with Crippen molar-refractivity contribution in [1.82, 2.24) is 0 Å². The minimum Gasteiger partial charge on any atom is -0.462 e. The number of allylic oxidation sites excluding steroid dienone is 8. The average Bonchev–Trinajstić information content (AvgIpc) is 3.30. The van der Waals surface area contributed by atoms with Crippen LogP contribution in [0, 0.1) is 0 Å². The Labute approximate surface area is 403 Å². The third-order valence-electron chi connectivity index (χ3n) is 12.3. The van der Waals surface area contributed by atoms with Crippen LogP contribution < -0.4 is 0 Å². The van der Waals surface area contributed by atoms with Gasteiger partial charge >= 0.3 is 17.9 Å². The number of hydrogen-bond acceptors (Lipinski definition) is 6. The standard InChI is InChI=1S/C59H106O6/c1-4-7-10-13-16-19-22-25-28-29-30-31-32-35-37-40-43-46-49-52-58(61)64-55-56(65-59(62)53-50-47-44-41-38-34-27-24-21-18-15-12-9-6-3)54-63-57(60)51-48-45-42-39-36-33-26-23-20-17-14-11-8-5-2/h16,19,23-28,56H,4-15,17-18,20-22,29-55H2,1-3H3/b19-16+,26-23+,27-24+,28-25+/t56-/m1/s1. The van der Waals surface area contributed by atoms with Crippen LogP contribution in [0.25, 0.3) is 0 Å². The predicted octanol–water partition coefficient (Wildman–Crippen LogP) is 18.7. The Balaban J connectivity index is 4.36. The molecule has 6 heteroatoms. The van der Waals surface area contributed by atoms with Crippen LogP contribution in [0.15, 0.2) is 48.6 Å². The number of rotatable bonds is 51. The van der Waals surface area contributed by atoms with E-state index in [0.29, 0.717) is 19.3 Å². The Bertz CT molecular complexity index is 1140. The minimum absolute atomic E-state index is 0.0800. The molecule has 0 N–H and O–H groups in total. The summed E-state index contributed by atoms with van der Waals surface area (Å²) in [5, 5.41) is 0. The fraction of sp³-hybridized carbons (Fsp3) is 0.814. The molecule has 0 amide bonds. The van der Waals surface area contributed by atoms with Gasteiger partial charge in [-0.2, -0.15) is 0 Å². The van der Waals surface area contributed by atoms with E-state index >= 15 is 0 Å². The molecule has 378 valence electrons. The van der Waals surface area contributed by atoms with Crippen molar-refractivity contribution >= 4 is 17.9 Å². The van der Waals surface area contributed by atoms with Crippen molar-refractivity contribution < 1.29 is 28.6 Å². The van der Waals surface area contributed by atoms with E-state index in [0.717, 1.165) is 83.5 Å². The van der Waals surface area contributed by atoms with Crippen LogP contribution in [0.3, 0.4) is 0 Å². The molecule has 0 heterocycles. The molecule has 0 aromatic heterocycles. The van der Waals surface area contributed by atoms with Crippen LogP contribution in [-0.2, 0) is 28.6 Å². The van der Waals surface area contributed by atoms with Gasteiger partial charge in [0.25, 0.3) is 0 Å². The van der Waals surface area contributed by atoms with E-state index in [9.17, 15) is 14.4 Å². The zero-order valence-corrected chi connectivity index (χ0v) is 43.3. The van der Waals surface area contributed by atoms with Crippen molar-refractivity contribution in [2.45, 2.75) is 297 Å². The molecule has 0 fully saturated rings. The lowest BCUT2D eigenvalue weighted by molar-refractivity contribution is -0.167. The molecule has 0 unspecified atom stereocenters. The Hall–Kier alpha value is -2.63. The first-order valence-corrected chi connectivity index (χ1v) is 28.1. The monoisotopic (exact) mass is 911 g/mol. The van der Waals surface area contributed by atoms with E-state index in [-0.39, 0.29) is 31.1 Å². The van der Waals surface area contributed by atoms with E-state index in [2.05, 4.69) is 69.4 Å². The molecule has 0 aliphatic heterocycles. The van der Waals surface area contributed by atoms with Crippen molar-refractivity contribution in [2.24, 2.45) is 0 Å². The molecule has 65 heavy (non-hydrogen) atoms. The van der Waals surface area contributed by atoms with Gasteiger partial charge in [-0.1, -0.05) is 217 Å². The van der Waals surface area contributed by atoms with Crippen molar-refractivity contribution in [1.29, 1.82) is 0 Å². The van der Waals surface area contributed by atoms with E-state index in [1.54, 1.807) is 0 Å². The van der Waals surface area contributed by atoms with Gasteiger partial charge in [0, 0.05) is 19.3 Å². The lowest BCUT2D eigenvalue weighted by Gasteiger charge is -2.18. The van der Waals surface area contributed by atoms with Gasteiger partial charge in [-0.15, -0.1) is 0 Å². The zero-order valence-electron chi connectivity index (χ0n) is 43.3. The summed E-state index contributed by atoms with van der Waals surface area (Å²) >= 11 is 0. The molecule has 0 saturated heterocycles. The van der Waals surface area contributed by atoms with E-state index in [1.165, 1.54) is 167 Å². The molecular formula is C59H106O6. The first-order chi connectivity index (χ1) is 32.0. The van der Waals surface area contributed by atoms with Crippen LogP contribution in [0.4, 0.5) is 0 Å². The molecule has 0 aromatic rings. The Morgan fingerprint density at radius 2 is 0.554 bits per heavy atom. The summed E-state index contributed by atoms with van der Waals surface area (Å²) < 4.78 is 16.8. The number of hydrogen-bond donors (Lipinski definition) is 0. The number of esters is 3. The van der Waals surface area contributed by atoms with Gasteiger partial charge in [0.2, 0.25) is 0 Å². The maximum Gasteiger partial charge on any atom is 0.306 e. The van der Waals surface area contributed by atoms with Crippen LogP contribution in [0.1, 0.15) is 290 Å². The molecule has 0 spiro atoms. The summed E-state index contributed by atoms with van der Waals surface area (Å²) in [5.74, 6) is -0.890. The van der Waals surface area contributed by atoms with Gasteiger partial charge in [0.05, 0.1) is 0 Å². The molecular weight excluding hydrogens is 805 g/mol. The number of carbonyl (C=O) groups is 3. The first-order valence-electron chi connectivity index (χ1n) is 28.1. The number of unbranched alkanes of at least 4 members (excludes halogenated alkanes) is 32. The van der Waals surface area contributed by atoms with Crippen molar-refractivity contribution in [3.8, 4) is 0 Å². The normalized spacial score (nSPS) is 12.4. The van der Waals surface area contributed by atoms with Gasteiger partial charge in [0.1, 0.15) is 13.2 Å². The third-order valence-corrected chi connectivity index (χ3v) is 12.3. The summed E-state index contributed by atoms with van der Waals surface area (Å²) in [6, 6.07) is 0. The predicted molar refractivity (Wildman–Crippen MR) is 279 cm³/mol. The summed E-state index contributed by atoms with van der Waals surface area (Å²) in [5.41, 5.74) is 0. The lowest BCUT2D eigenvalue weighted by Crippen LogP contribution is -2.30. The fourth-order valence-corrected chi connectivity index (χ4v) is 7.99. The Morgan fingerprint density at radius 3 is 0.892 bits per heavy atom. The van der Waals surface area contributed by atoms with E-state index in [1.807, 2.05) is 0 Å². The average molecular weight is 911 g/mol. The van der Waals surface area contributed by atoms with Crippen LogP contribution >= 0.6 is 0 Å². The summed E-state index contributed by atoms with van der Waals surface area (Å²) in [6.07, 6.45) is 65.2. The Kier molecular flexibility index (Phi) is 51.8. The molecule has 0 saturated carbocycles. The molecule has 0 aliphatic carbocycles. The Morgan fingerprint density at radius 1 is 0.308 bits per heavy atom. The number of carbonyl (C=O) groups excluding carboxylic acids is 3. The highest BCUT2D eigenvalue weighted by molar-refractivity contribution is 5.71. The minimum atomic E-state index is -0.781. The van der Waals surface area contributed by atoms with E-state index in [4.69, 9.17) is 14.2 Å². The smallest absolute Gasteiger partial charge is 0.306 e. The summed E-state index contributed by atoms with van der Waals surface area (Å²) in [4.78, 5) is 38.1. The van der Waals surface area contributed by atoms with Crippen LogP contribution in [-0.4, -0.2) is 37.2 Å². The van der Waals surface area contributed by atoms with Gasteiger partial charge < -0.3 is 14.2 Å². The van der Waals surface area contributed by atoms with Gasteiger partial charge in [0.15, 0.2) is 6.10 Å². The highest BCUT2D eigenvalue weighted by Gasteiger charge is 2.19. The second-order valence-electron chi connectivity index (χ2n) is 18.8. The molecule has 0 radical (unpaired) electrons. The largest absolute Gasteiger partial charge is 0.462 e. The maximum atomic E-state index is 12.8. The van der Waals surface area contributed by atoms with Gasteiger partial charge in [-0.3, -0.25) is 14.4 Å². The zero-order chi connectivity index (χ0) is 47.2. The molecule has 0 aliphatic rings. The quantitative estimate of drug-likeness (QED) is 0.0262. The third kappa shape index (κ3) is 52.2. The summed E-state index contributed by atoms with van der Waals surface area (Å²) in [6.45, 7) is 6.60.